The van der Waals surface area contributed by atoms with Gasteiger partial charge in [-0.3, -0.25) is 9.58 Å². The first-order valence-electron chi connectivity index (χ1n) is 6.63. The van der Waals surface area contributed by atoms with Crippen molar-refractivity contribution in [2.75, 3.05) is 19.7 Å². The van der Waals surface area contributed by atoms with E-state index < -0.39 is 0 Å². The van der Waals surface area contributed by atoms with Crippen LogP contribution in [0, 0.1) is 0 Å². The van der Waals surface area contributed by atoms with Crippen molar-refractivity contribution < 1.29 is 5.11 Å². The molecule has 0 bridgehead atoms. The smallest absolute Gasteiger partial charge is 0.0558 e. The number of hydrogen-bond acceptors (Lipinski definition) is 3. The fourth-order valence-electron chi connectivity index (χ4n) is 2.78. The van der Waals surface area contributed by atoms with Crippen LogP contribution in [0.3, 0.4) is 0 Å². The molecular formula is C13H23N3O. The molecule has 0 aliphatic heterocycles. The predicted octanol–water partition coefficient (Wildman–Crippen LogP) is 1.20. The summed E-state index contributed by atoms with van der Waals surface area (Å²) in [6.07, 6.45) is 8.15. The van der Waals surface area contributed by atoms with Crippen LogP contribution in [-0.4, -0.2) is 45.5 Å². The lowest BCUT2D eigenvalue weighted by atomic mass is 10.2. The van der Waals surface area contributed by atoms with Crippen LogP contribution in [-0.2, 0) is 13.5 Å². The fraction of sp³-hybridized carbons (Fsp3) is 0.769. The van der Waals surface area contributed by atoms with Crippen LogP contribution >= 0.6 is 0 Å². The lowest BCUT2D eigenvalue weighted by Gasteiger charge is -2.27. The Hall–Kier alpha value is -0.870. The van der Waals surface area contributed by atoms with E-state index in [1.54, 1.807) is 0 Å². The minimum Gasteiger partial charge on any atom is -0.395 e. The standard InChI is InChI=1S/C13H23N3O/c1-15-12(6-8-14-15)7-9-16(10-11-17)13-4-2-3-5-13/h6,8,13,17H,2-5,7,9-11H2,1H3. The van der Waals surface area contributed by atoms with Crippen LogP contribution in [0.4, 0.5) is 0 Å². The molecular weight excluding hydrogens is 214 g/mol. The molecule has 1 N–H and O–H groups in total. The molecule has 0 unspecified atom stereocenters. The SMILES string of the molecule is Cn1nccc1CCN(CCO)C1CCCC1. The predicted molar refractivity (Wildman–Crippen MR) is 67.8 cm³/mol. The fourth-order valence-corrected chi connectivity index (χ4v) is 2.78. The second kappa shape index (κ2) is 6.17. The summed E-state index contributed by atoms with van der Waals surface area (Å²) < 4.78 is 1.94. The molecule has 1 aromatic heterocycles. The van der Waals surface area contributed by atoms with Gasteiger partial charge < -0.3 is 5.11 Å². The molecule has 0 aromatic carbocycles. The van der Waals surface area contributed by atoms with E-state index in [1.807, 2.05) is 17.9 Å². The lowest BCUT2D eigenvalue weighted by Crippen LogP contribution is -2.37. The highest BCUT2D eigenvalue weighted by Gasteiger charge is 2.21. The van der Waals surface area contributed by atoms with E-state index in [1.165, 1.54) is 31.4 Å². The van der Waals surface area contributed by atoms with Gasteiger partial charge in [-0.1, -0.05) is 12.8 Å². The molecule has 0 saturated heterocycles. The van der Waals surface area contributed by atoms with Gasteiger partial charge >= 0.3 is 0 Å². The van der Waals surface area contributed by atoms with Crippen LogP contribution in [0.15, 0.2) is 12.3 Å². The number of aliphatic hydroxyl groups is 1. The zero-order valence-electron chi connectivity index (χ0n) is 10.7. The van der Waals surface area contributed by atoms with Crippen molar-refractivity contribution >= 4 is 0 Å². The lowest BCUT2D eigenvalue weighted by molar-refractivity contribution is 0.152. The number of aromatic nitrogens is 2. The van der Waals surface area contributed by atoms with E-state index >= 15 is 0 Å². The largest absolute Gasteiger partial charge is 0.395 e. The van der Waals surface area contributed by atoms with E-state index in [0.29, 0.717) is 6.04 Å². The summed E-state index contributed by atoms with van der Waals surface area (Å²) in [4.78, 5) is 2.44. The second-order valence-corrected chi connectivity index (χ2v) is 4.89. The van der Waals surface area contributed by atoms with E-state index in [-0.39, 0.29) is 6.61 Å². The maximum atomic E-state index is 9.15. The minimum absolute atomic E-state index is 0.266. The molecule has 96 valence electrons. The van der Waals surface area contributed by atoms with E-state index in [0.717, 1.165) is 19.5 Å². The molecule has 0 amide bonds. The Morgan fingerprint density at radius 2 is 2.18 bits per heavy atom. The van der Waals surface area contributed by atoms with Gasteiger partial charge in [0.15, 0.2) is 0 Å². The zero-order chi connectivity index (χ0) is 12.1. The van der Waals surface area contributed by atoms with Crippen molar-refractivity contribution in [3.05, 3.63) is 18.0 Å². The summed E-state index contributed by atoms with van der Waals surface area (Å²) >= 11 is 0. The normalized spacial score (nSPS) is 17.1. The van der Waals surface area contributed by atoms with Crippen molar-refractivity contribution in [3.8, 4) is 0 Å². The van der Waals surface area contributed by atoms with Crippen molar-refractivity contribution in [3.63, 3.8) is 0 Å². The van der Waals surface area contributed by atoms with E-state index in [4.69, 9.17) is 5.11 Å². The maximum absolute atomic E-state index is 9.15. The molecule has 4 nitrogen and oxygen atoms in total. The number of aryl methyl sites for hydroxylation is 1. The molecule has 0 atom stereocenters. The maximum Gasteiger partial charge on any atom is 0.0558 e. The Morgan fingerprint density at radius 1 is 1.41 bits per heavy atom. The third-order valence-corrected chi connectivity index (χ3v) is 3.81. The van der Waals surface area contributed by atoms with Gasteiger partial charge in [0, 0.05) is 44.5 Å². The quantitative estimate of drug-likeness (QED) is 0.808. The first kappa shape index (κ1) is 12.6. The molecule has 17 heavy (non-hydrogen) atoms. The number of nitrogens with zero attached hydrogens (tertiary/aromatic N) is 3. The number of aliphatic hydroxyl groups excluding tert-OH is 1. The highest BCUT2D eigenvalue weighted by molar-refractivity contribution is 5.00. The molecule has 2 rings (SSSR count). The Kier molecular flexibility index (Phi) is 4.57. The molecule has 1 heterocycles. The molecule has 0 spiro atoms. The highest BCUT2D eigenvalue weighted by atomic mass is 16.3. The minimum atomic E-state index is 0.266. The summed E-state index contributed by atoms with van der Waals surface area (Å²) in [5.41, 5.74) is 1.27. The Bertz CT molecular complexity index is 331. The Labute approximate surface area is 103 Å². The number of rotatable bonds is 6. The molecule has 1 saturated carbocycles. The van der Waals surface area contributed by atoms with Gasteiger partial charge in [0.25, 0.3) is 0 Å². The summed E-state index contributed by atoms with van der Waals surface area (Å²) in [5.74, 6) is 0. The highest BCUT2D eigenvalue weighted by Crippen LogP contribution is 2.23. The average Bonchev–Trinajstić information content (AvgIpc) is 2.96. The summed E-state index contributed by atoms with van der Waals surface area (Å²) in [7, 11) is 1.99. The van der Waals surface area contributed by atoms with Crippen LogP contribution < -0.4 is 0 Å². The van der Waals surface area contributed by atoms with Crippen LogP contribution in [0.5, 0.6) is 0 Å². The van der Waals surface area contributed by atoms with Gasteiger partial charge in [-0.05, 0) is 18.9 Å². The van der Waals surface area contributed by atoms with Crippen LogP contribution in [0.1, 0.15) is 31.4 Å². The summed E-state index contributed by atoms with van der Waals surface area (Å²) in [6.45, 7) is 2.11. The van der Waals surface area contributed by atoms with Gasteiger partial charge in [0.1, 0.15) is 0 Å². The van der Waals surface area contributed by atoms with Crippen LogP contribution in [0.25, 0.3) is 0 Å². The molecule has 0 radical (unpaired) electrons. The third kappa shape index (κ3) is 3.30. The molecule has 1 aliphatic rings. The van der Waals surface area contributed by atoms with E-state index in [9.17, 15) is 0 Å². The molecule has 1 aliphatic carbocycles. The van der Waals surface area contributed by atoms with Gasteiger partial charge in [0.2, 0.25) is 0 Å². The van der Waals surface area contributed by atoms with Gasteiger partial charge in [-0.2, -0.15) is 5.10 Å². The Balaban J connectivity index is 1.86. The molecule has 1 fully saturated rings. The average molecular weight is 237 g/mol. The Morgan fingerprint density at radius 3 is 2.76 bits per heavy atom. The van der Waals surface area contributed by atoms with Crippen molar-refractivity contribution in [2.45, 2.75) is 38.1 Å². The van der Waals surface area contributed by atoms with Crippen molar-refractivity contribution in [1.82, 2.24) is 14.7 Å². The summed E-state index contributed by atoms with van der Waals surface area (Å²) in [6, 6.07) is 2.77. The van der Waals surface area contributed by atoms with Gasteiger partial charge in [-0.15, -0.1) is 0 Å². The van der Waals surface area contributed by atoms with Crippen molar-refractivity contribution in [1.29, 1.82) is 0 Å². The first-order valence-corrected chi connectivity index (χ1v) is 6.63. The summed E-state index contributed by atoms with van der Waals surface area (Å²) in [5, 5.41) is 13.3. The zero-order valence-corrected chi connectivity index (χ0v) is 10.7. The topological polar surface area (TPSA) is 41.3 Å². The third-order valence-electron chi connectivity index (χ3n) is 3.81. The second-order valence-electron chi connectivity index (χ2n) is 4.89. The molecule has 1 aromatic rings. The van der Waals surface area contributed by atoms with Crippen LogP contribution in [0.2, 0.25) is 0 Å². The molecule has 4 heteroatoms. The van der Waals surface area contributed by atoms with Crippen molar-refractivity contribution in [2.24, 2.45) is 7.05 Å². The monoisotopic (exact) mass is 237 g/mol. The van der Waals surface area contributed by atoms with E-state index in [2.05, 4.69) is 16.1 Å². The number of hydrogen-bond donors (Lipinski definition) is 1. The first-order chi connectivity index (χ1) is 8.31. The van der Waals surface area contributed by atoms with Gasteiger partial charge in [0.05, 0.1) is 6.61 Å². The van der Waals surface area contributed by atoms with Gasteiger partial charge in [-0.25, -0.2) is 0 Å².